The maximum Gasteiger partial charge on any atom is 0.229 e. The Morgan fingerprint density at radius 2 is 2.24 bits per heavy atom. The van der Waals surface area contributed by atoms with Crippen LogP contribution in [0, 0.1) is 11.7 Å². The molecule has 1 aromatic rings. The molecule has 0 aromatic heterocycles. The van der Waals surface area contributed by atoms with Gasteiger partial charge in [-0.25, -0.2) is 4.39 Å². The molecule has 1 aliphatic carbocycles. The maximum absolute atomic E-state index is 13.0. The van der Waals surface area contributed by atoms with Crippen LogP contribution in [0.15, 0.2) is 18.2 Å². The summed E-state index contributed by atoms with van der Waals surface area (Å²) >= 11 is 5.87. The number of hydrogen-bond donors (Lipinski definition) is 2. The van der Waals surface area contributed by atoms with Crippen LogP contribution in [0.5, 0.6) is 0 Å². The van der Waals surface area contributed by atoms with Crippen LogP contribution in [-0.4, -0.2) is 11.9 Å². The zero-order chi connectivity index (χ0) is 12.4. The molecule has 2 unspecified atom stereocenters. The highest BCUT2D eigenvalue weighted by atomic mass is 35.5. The fourth-order valence-electron chi connectivity index (χ4n) is 2.13. The summed E-state index contributed by atoms with van der Waals surface area (Å²) in [6.45, 7) is 0. The topological polar surface area (TPSA) is 55.1 Å². The highest BCUT2D eigenvalue weighted by Crippen LogP contribution is 2.27. The van der Waals surface area contributed by atoms with Crippen molar-refractivity contribution >= 4 is 23.2 Å². The van der Waals surface area contributed by atoms with Gasteiger partial charge >= 0.3 is 0 Å². The Morgan fingerprint density at radius 1 is 1.47 bits per heavy atom. The van der Waals surface area contributed by atoms with Crippen molar-refractivity contribution < 1.29 is 9.18 Å². The Balaban J connectivity index is 2.10. The van der Waals surface area contributed by atoms with E-state index in [4.69, 9.17) is 17.3 Å². The van der Waals surface area contributed by atoms with E-state index in [0.29, 0.717) is 10.7 Å². The van der Waals surface area contributed by atoms with Crippen molar-refractivity contribution in [3.63, 3.8) is 0 Å². The fraction of sp³-hybridized carbons (Fsp3) is 0.417. The molecule has 0 heterocycles. The highest BCUT2D eigenvalue weighted by Gasteiger charge is 2.30. The lowest BCUT2D eigenvalue weighted by atomic mass is 10.0. The minimum atomic E-state index is -0.430. The zero-order valence-electron chi connectivity index (χ0n) is 9.25. The Bertz CT molecular complexity index is 439. The average molecular weight is 257 g/mol. The number of nitrogens with one attached hydrogen (secondary N) is 1. The molecule has 0 spiro atoms. The third-order valence-electron chi connectivity index (χ3n) is 3.09. The predicted octanol–water partition coefficient (Wildman–Crippen LogP) is 2.54. The maximum atomic E-state index is 13.0. The minimum absolute atomic E-state index is 0.109. The van der Waals surface area contributed by atoms with Gasteiger partial charge in [-0.1, -0.05) is 18.0 Å². The first kappa shape index (κ1) is 12.3. The van der Waals surface area contributed by atoms with E-state index >= 15 is 0 Å². The van der Waals surface area contributed by atoms with Crippen molar-refractivity contribution in [3.8, 4) is 0 Å². The molecule has 2 atom stereocenters. The molecule has 92 valence electrons. The van der Waals surface area contributed by atoms with Gasteiger partial charge in [0.15, 0.2) is 0 Å². The van der Waals surface area contributed by atoms with Gasteiger partial charge in [0.2, 0.25) is 5.91 Å². The quantitative estimate of drug-likeness (QED) is 0.854. The van der Waals surface area contributed by atoms with Crippen LogP contribution in [0.1, 0.15) is 19.3 Å². The van der Waals surface area contributed by atoms with Crippen molar-refractivity contribution in [3.05, 3.63) is 29.0 Å². The lowest BCUT2D eigenvalue weighted by molar-refractivity contribution is -0.120. The second-order valence-corrected chi connectivity index (χ2v) is 4.72. The van der Waals surface area contributed by atoms with Gasteiger partial charge in [-0.2, -0.15) is 0 Å². The molecule has 1 saturated carbocycles. The molecule has 0 radical (unpaired) electrons. The summed E-state index contributed by atoms with van der Waals surface area (Å²) in [5.74, 6) is -0.808. The smallest absolute Gasteiger partial charge is 0.229 e. The van der Waals surface area contributed by atoms with Gasteiger partial charge in [0.25, 0.3) is 0 Å². The number of anilines is 1. The number of halogens is 2. The van der Waals surface area contributed by atoms with Gasteiger partial charge < -0.3 is 11.1 Å². The number of benzene rings is 1. The van der Waals surface area contributed by atoms with Crippen molar-refractivity contribution in [2.24, 2.45) is 11.7 Å². The molecule has 17 heavy (non-hydrogen) atoms. The molecular formula is C12H14ClFN2O. The third kappa shape index (κ3) is 2.76. The molecular weight excluding hydrogens is 243 g/mol. The lowest BCUT2D eigenvalue weighted by Gasteiger charge is -2.15. The summed E-state index contributed by atoms with van der Waals surface area (Å²) in [4.78, 5) is 11.9. The lowest BCUT2D eigenvalue weighted by Crippen LogP contribution is -2.34. The Labute approximate surface area is 104 Å². The monoisotopic (exact) mass is 256 g/mol. The molecule has 2 rings (SSSR count). The predicted molar refractivity (Wildman–Crippen MR) is 65.4 cm³/mol. The van der Waals surface area contributed by atoms with Crippen molar-refractivity contribution in [1.82, 2.24) is 0 Å². The van der Waals surface area contributed by atoms with E-state index in [9.17, 15) is 9.18 Å². The number of hydrogen-bond acceptors (Lipinski definition) is 2. The second kappa shape index (κ2) is 5.02. The molecule has 1 aromatic carbocycles. The minimum Gasteiger partial charge on any atom is -0.327 e. The number of nitrogens with two attached hydrogens (primary N) is 1. The van der Waals surface area contributed by atoms with E-state index in [-0.39, 0.29) is 17.9 Å². The Morgan fingerprint density at radius 3 is 2.88 bits per heavy atom. The van der Waals surface area contributed by atoms with Crippen LogP contribution in [0.4, 0.5) is 10.1 Å². The SMILES string of the molecule is NC1CCCC1C(=O)Nc1cc(F)ccc1Cl. The summed E-state index contributed by atoms with van der Waals surface area (Å²) in [7, 11) is 0. The molecule has 5 heteroatoms. The number of carbonyl (C=O) groups excluding carboxylic acids is 1. The van der Waals surface area contributed by atoms with Crippen LogP contribution >= 0.6 is 11.6 Å². The fourth-order valence-corrected chi connectivity index (χ4v) is 2.30. The van der Waals surface area contributed by atoms with Gasteiger partial charge in [0.1, 0.15) is 5.82 Å². The molecule has 3 nitrogen and oxygen atoms in total. The normalized spacial score (nSPS) is 23.7. The number of rotatable bonds is 2. The van der Waals surface area contributed by atoms with Crippen LogP contribution in [0.25, 0.3) is 0 Å². The van der Waals surface area contributed by atoms with Crippen molar-refractivity contribution in [1.29, 1.82) is 0 Å². The Hall–Kier alpha value is -1.13. The van der Waals surface area contributed by atoms with Crippen molar-refractivity contribution in [2.45, 2.75) is 25.3 Å². The van der Waals surface area contributed by atoms with E-state index in [1.54, 1.807) is 0 Å². The summed E-state index contributed by atoms with van der Waals surface area (Å²) in [5, 5.41) is 2.96. The molecule has 1 amide bonds. The number of amides is 1. The van der Waals surface area contributed by atoms with Crippen molar-refractivity contribution in [2.75, 3.05) is 5.32 Å². The molecule has 1 fully saturated rings. The van der Waals surface area contributed by atoms with E-state index in [1.165, 1.54) is 18.2 Å². The zero-order valence-corrected chi connectivity index (χ0v) is 10.0. The summed E-state index contributed by atoms with van der Waals surface area (Å²) in [6, 6.07) is 3.77. The van der Waals surface area contributed by atoms with Crippen LogP contribution in [0.3, 0.4) is 0 Å². The Kier molecular flexibility index (Phi) is 3.64. The van der Waals surface area contributed by atoms with Gasteiger partial charge in [0, 0.05) is 6.04 Å². The van der Waals surface area contributed by atoms with E-state index in [1.807, 2.05) is 0 Å². The molecule has 0 bridgehead atoms. The van der Waals surface area contributed by atoms with Gasteiger partial charge in [-0.05, 0) is 31.0 Å². The van der Waals surface area contributed by atoms with Crippen LogP contribution < -0.4 is 11.1 Å². The molecule has 0 saturated heterocycles. The standard InChI is InChI=1S/C12H14ClFN2O/c13-9-5-4-7(14)6-11(9)16-12(17)8-2-1-3-10(8)15/h4-6,8,10H,1-3,15H2,(H,16,17). The molecule has 0 aliphatic heterocycles. The average Bonchev–Trinajstić information content (AvgIpc) is 2.70. The van der Waals surface area contributed by atoms with Gasteiger partial charge in [-0.3, -0.25) is 4.79 Å². The number of carbonyl (C=O) groups is 1. The van der Waals surface area contributed by atoms with Crippen LogP contribution in [0.2, 0.25) is 5.02 Å². The summed E-state index contributed by atoms with van der Waals surface area (Å²) in [6.07, 6.45) is 2.59. The first-order chi connectivity index (χ1) is 8.08. The highest BCUT2D eigenvalue weighted by molar-refractivity contribution is 6.33. The molecule has 3 N–H and O–H groups in total. The van der Waals surface area contributed by atoms with Gasteiger partial charge in [0.05, 0.1) is 16.6 Å². The summed E-state index contributed by atoms with van der Waals surface area (Å²) < 4.78 is 13.0. The first-order valence-corrected chi connectivity index (χ1v) is 5.97. The first-order valence-electron chi connectivity index (χ1n) is 5.59. The van der Waals surface area contributed by atoms with Crippen LogP contribution in [-0.2, 0) is 4.79 Å². The molecule has 1 aliphatic rings. The second-order valence-electron chi connectivity index (χ2n) is 4.31. The van der Waals surface area contributed by atoms with Gasteiger partial charge in [-0.15, -0.1) is 0 Å². The van der Waals surface area contributed by atoms with E-state index < -0.39 is 5.82 Å². The third-order valence-corrected chi connectivity index (χ3v) is 3.42. The van der Waals surface area contributed by atoms with E-state index in [0.717, 1.165) is 19.3 Å². The van der Waals surface area contributed by atoms with E-state index in [2.05, 4.69) is 5.32 Å². The summed E-state index contributed by atoms with van der Waals surface area (Å²) in [5.41, 5.74) is 6.14. The largest absolute Gasteiger partial charge is 0.327 e.